The summed E-state index contributed by atoms with van der Waals surface area (Å²) in [6.07, 6.45) is 0. The molecule has 0 bridgehead atoms. The molecule has 2 rings (SSSR count). The molecule has 0 aliphatic rings. The molecule has 0 amide bonds. The van der Waals surface area contributed by atoms with Crippen LogP contribution in [0.25, 0.3) is 0 Å². The van der Waals surface area contributed by atoms with Crippen LogP contribution in [0, 0.1) is 12.7 Å². The Bertz CT molecular complexity index is 661. The molecule has 0 aliphatic carbocycles. The highest BCUT2D eigenvalue weighted by Crippen LogP contribution is 2.38. The summed E-state index contributed by atoms with van der Waals surface area (Å²) in [6.45, 7) is 1.70. The normalized spacial score (nSPS) is 12.1. The average Bonchev–Trinajstić information content (AvgIpc) is 2.48. The topological polar surface area (TPSA) is 44.5 Å². The first kappa shape index (κ1) is 15.6. The highest BCUT2D eigenvalue weighted by Gasteiger charge is 2.16. The number of aryl methyl sites for hydroxylation is 1. The SMILES string of the molecule is COc1cc(C(N)c2ccc(F)c(C)c2)cc(Cl)c1OC. The van der Waals surface area contributed by atoms with Crippen LogP contribution < -0.4 is 15.2 Å². The minimum atomic E-state index is -0.429. The second-order valence-electron chi connectivity index (χ2n) is 4.72. The van der Waals surface area contributed by atoms with E-state index < -0.39 is 6.04 Å². The Balaban J connectivity index is 2.45. The molecule has 0 radical (unpaired) electrons. The van der Waals surface area contributed by atoms with Crippen molar-refractivity contribution in [1.29, 1.82) is 0 Å². The van der Waals surface area contributed by atoms with Gasteiger partial charge in [-0.3, -0.25) is 0 Å². The van der Waals surface area contributed by atoms with Gasteiger partial charge in [-0.15, -0.1) is 0 Å². The molecule has 0 aromatic heterocycles. The number of nitrogens with two attached hydrogens (primary N) is 1. The van der Waals surface area contributed by atoms with Crippen LogP contribution in [0.1, 0.15) is 22.7 Å². The highest BCUT2D eigenvalue weighted by molar-refractivity contribution is 6.32. The summed E-state index contributed by atoms with van der Waals surface area (Å²) in [5.74, 6) is 0.719. The maximum atomic E-state index is 13.3. The van der Waals surface area contributed by atoms with Gasteiger partial charge in [0.05, 0.1) is 25.3 Å². The predicted molar refractivity (Wildman–Crippen MR) is 81.7 cm³/mol. The van der Waals surface area contributed by atoms with Crippen molar-refractivity contribution in [3.63, 3.8) is 0 Å². The lowest BCUT2D eigenvalue weighted by atomic mass is 9.97. The molecule has 0 fully saturated rings. The van der Waals surface area contributed by atoms with Crippen molar-refractivity contribution in [2.45, 2.75) is 13.0 Å². The van der Waals surface area contributed by atoms with Gasteiger partial charge in [-0.2, -0.15) is 0 Å². The molecule has 5 heteroatoms. The summed E-state index contributed by atoms with van der Waals surface area (Å²) in [5, 5.41) is 0.418. The second kappa shape index (κ2) is 6.33. The number of methoxy groups -OCH3 is 2. The third-order valence-corrected chi connectivity index (χ3v) is 3.64. The van der Waals surface area contributed by atoms with E-state index in [0.29, 0.717) is 22.1 Å². The molecule has 2 aromatic rings. The predicted octanol–water partition coefficient (Wildman–Crippen LogP) is 3.85. The van der Waals surface area contributed by atoms with Gasteiger partial charge in [0.1, 0.15) is 5.82 Å². The Kier molecular flexibility index (Phi) is 4.70. The highest BCUT2D eigenvalue weighted by atomic mass is 35.5. The molecule has 2 aromatic carbocycles. The smallest absolute Gasteiger partial charge is 0.179 e. The minimum absolute atomic E-state index is 0.253. The number of rotatable bonds is 4. The minimum Gasteiger partial charge on any atom is -0.493 e. The molecule has 1 unspecified atom stereocenters. The maximum absolute atomic E-state index is 13.3. The molecular weight excluding hydrogens is 293 g/mol. The van der Waals surface area contributed by atoms with Crippen molar-refractivity contribution >= 4 is 11.6 Å². The van der Waals surface area contributed by atoms with Crippen molar-refractivity contribution < 1.29 is 13.9 Å². The van der Waals surface area contributed by atoms with Crippen molar-refractivity contribution in [1.82, 2.24) is 0 Å². The second-order valence-corrected chi connectivity index (χ2v) is 5.13. The monoisotopic (exact) mass is 309 g/mol. The van der Waals surface area contributed by atoms with E-state index in [1.54, 1.807) is 31.2 Å². The quantitative estimate of drug-likeness (QED) is 0.933. The summed E-state index contributed by atoms with van der Waals surface area (Å²) < 4.78 is 23.8. The van der Waals surface area contributed by atoms with Crippen LogP contribution in [-0.2, 0) is 0 Å². The largest absolute Gasteiger partial charge is 0.493 e. The van der Waals surface area contributed by atoms with E-state index >= 15 is 0 Å². The van der Waals surface area contributed by atoms with Gasteiger partial charge in [-0.25, -0.2) is 4.39 Å². The van der Waals surface area contributed by atoms with Gasteiger partial charge >= 0.3 is 0 Å². The molecule has 0 saturated heterocycles. The first-order valence-corrected chi connectivity index (χ1v) is 6.78. The number of hydrogen-bond donors (Lipinski definition) is 1. The zero-order valence-corrected chi connectivity index (χ0v) is 12.9. The van der Waals surface area contributed by atoms with E-state index in [2.05, 4.69) is 0 Å². The summed E-state index contributed by atoms with van der Waals surface area (Å²) in [7, 11) is 3.05. The zero-order chi connectivity index (χ0) is 15.6. The van der Waals surface area contributed by atoms with Crippen LogP contribution in [0.4, 0.5) is 4.39 Å². The van der Waals surface area contributed by atoms with E-state index in [1.165, 1.54) is 20.3 Å². The van der Waals surface area contributed by atoms with Crippen LogP contribution in [-0.4, -0.2) is 14.2 Å². The Labute approximate surface area is 128 Å². The number of halogens is 2. The fraction of sp³-hybridized carbons (Fsp3) is 0.250. The fourth-order valence-electron chi connectivity index (χ4n) is 2.17. The van der Waals surface area contributed by atoms with E-state index in [4.69, 9.17) is 26.8 Å². The van der Waals surface area contributed by atoms with E-state index in [1.807, 2.05) is 0 Å². The summed E-state index contributed by atoms with van der Waals surface area (Å²) in [5.41, 5.74) is 8.36. The Morgan fingerprint density at radius 3 is 2.38 bits per heavy atom. The van der Waals surface area contributed by atoms with E-state index in [9.17, 15) is 4.39 Å². The van der Waals surface area contributed by atoms with Crippen LogP contribution in [0.15, 0.2) is 30.3 Å². The summed E-state index contributed by atoms with van der Waals surface area (Å²) in [6, 6.07) is 7.87. The molecule has 0 saturated carbocycles. The van der Waals surface area contributed by atoms with Gasteiger partial charge in [-0.05, 0) is 41.8 Å². The van der Waals surface area contributed by atoms with Gasteiger partial charge in [0.25, 0.3) is 0 Å². The van der Waals surface area contributed by atoms with Crippen molar-refractivity contribution in [3.05, 3.63) is 57.9 Å². The molecule has 0 aliphatic heterocycles. The molecule has 0 spiro atoms. The van der Waals surface area contributed by atoms with Gasteiger partial charge in [0, 0.05) is 0 Å². The molecule has 21 heavy (non-hydrogen) atoms. The van der Waals surface area contributed by atoms with Gasteiger partial charge < -0.3 is 15.2 Å². The summed E-state index contributed by atoms with van der Waals surface area (Å²) in [4.78, 5) is 0. The number of ether oxygens (including phenoxy) is 2. The van der Waals surface area contributed by atoms with Crippen LogP contribution in [0.2, 0.25) is 5.02 Å². The van der Waals surface area contributed by atoms with Crippen LogP contribution >= 0.6 is 11.6 Å². The number of benzene rings is 2. The van der Waals surface area contributed by atoms with Gasteiger partial charge in [0.15, 0.2) is 11.5 Å². The van der Waals surface area contributed by atoms with Gasteiger partial charge in [0.2, 0.25) is 0 Å². The Morgan fingerprint density at radius 1 is 1.10 bits per heavy atom. The lowest BCUT2D eigenvalue weighted by Gasteiger charge is -2.17. The lowest BCUT2D eigenvalue weighted by Crippen LogP contribution is -2.12. The van der Waals surface area contributed by atoms with Crippen molar-refractivity contribution in [3.8, 4) is 11.5 Å². The fourth-order valence-corrected chi connectivity index (χ4v) is 2.47. The summed E-state index contributed by atoms with van der Waals surface area (Å²) >= 11 is 6.18. The average molecular weight is 310 g/mol. The Hall–Kier alpha value is -1.78. The first-order chi connectivity index (χ1) is 9.97. The van der Waals surface area contributed by atoms with Gasteiger partial charge in [-0.1, -0.05) is 23.7 Å². The molecule has 1 atom stereocenters. The third-order valence-electron chi connectivity index (χ3n) is 3.36. The van der Waals surface area contributed by atoms with Crippen LogP contribution in [0.5, 0.6) is 11.5 Å². The molecule has 0 heterocycles. The van der Waals surface area contributed by atoms with E-state index in [-0.39, 0.29) is 5.82 Å². The first-order valence-electron chi connectivity index (χ1n) is 6.41. The number of hydrogen-bond acceptors (Lipinski definition) is 3. The van der Waals surface area contributed by atoms with Crippen molar-refractivity contribution in [2.24, 2.45) is 5.73 Å². The molecule has 112 valence electrons. The van der Waals surface area contributed by atoms with Crippen LogP contribution in [0.3, 0.4) is 0 Å². The van der Waals surface area contributed by atoms with Crippen molar-refractivity contribution in [2.75, 3.05) is 14.2 Å². The molecule has 2 N–H and O–H groups in total. The maximum Gasteiger partial charge on any atom is 0.179 e. The lowest BCUT2D eigenvalue weighted by molar-refractivity contribution is 0.354. The molecule has 3 nitrogen and oxygen atoms in total. The zero-order valence-electron chi connectivity index (χ0n) is 12.1. The standard InChI is InChI=1S/C16H17ClFNO2/c1-9-6-10(4-5-13(9)18)15(19)11-7-12(17)16(21-3)14(8-11)20-2/h4-8,15H,19H2,1-3H3. The third kappa shape index (κ3) is 3.12. The Morgan fingerprint density at radius 2 is 1.81 bits per heavy atom. The molecular formula is C16H17ClFNO2. The van der Waals surface area contributed by atoms with E-state index in [0.717, 1.165) is 11.1 Å².